The van der Waals surface area contributed by atoms with Crippen LogP contribution >= 0.6 is 43.2 Å². The third kappa shape index (κ3) is 2.57. The van der Waals surface area contributed by atoms with Gasteiger partial charge in [-0.25, -0.2) is 0 Å². The van der Waals surface area contributed by atoms with Crippen LogP contribution in [0.4, 0.5) is 0 Å². The van der Waals surface area contributed by atoms with Crippen LogP contribution in [0.25, 0.3) is 0 Å². The lowest BCUT2D eigenvalue weighted by molar-refractivity contribution is -0.163. The SMILES string of the molecule is COC(=O)C1CC2(CCC2)C1NC(=O)c1cc(Br)sc1Br. The van der Waals surface area contributed by atoms with Crippen molar-refractivity contribution in [1.29, 1.82) is 0 Å². The highest BCUT2D eigenvalue weighted by atomic mass is 79.9. The zero-order valence-electron chi connectivity index (χ0n) is 11.4. The van der Waals surface area contributed by atoms with Crippen molar-refractivity contribution in [2.24, 2.45) is 11.3 Å². The Morgan fingerprint density at radius 1 is 1.43 bits per heavy atom. The minimum atomic E-state index is -0.219. The van der Waals surface area contributed by atoms with Gasteiger partial charge >= 0.3 is 5.97 Å². The van der Waals surface area contributed by atoms with Gasteiger partial charge in [-0.15, -0.1) is 11.3 Å². The monoisotopic (exact) mass is 435 g/mol. The number of carbonyl (C=O) groups excluding carboxylic acids is 2. The lowest BCUT2D eigenvalue weighted by atomic mass is 9.48. The molecule has 0 aromatic carbocycles. The van der Waals surface area contributed by atoms with Gasteiger partial charge in [-0.2, -0.15) is 0 Å². The highest BCUT2D eigenvalue weighted by Crippen LogP contribution is 2.59. The topological polar surface area (TPSA) is 55.4 Å². The molecule has 2 saturated carbocycles. The lowest BCUT2D eigenvalue weighted by Gasteiger charge is -2.59. The molecule has 1 heterocycles. The predicted octanol–water partition coefficient (Wildman–Crippen LogP) is 3.73. The zero-order valence-corrected chi connectivity index (χ0v) is 15.4. The van der Waals surface area contributed by atoms with Crippen LogP contribution in [-0.2, 0) is 9.53 Å². The van der Waals surface area contributed by atoms with Crippen molar-refractivity contribution in [2.45, 2.75) is 31.7 Å². The molecule has 1 aromatic heterocycles. The number of esters is 1. The normalized spacial score (nSPS) is 25.9. The molecular weight excluding hydrogens is 422 g/mol. The molecule has 3 rings (SSSR count). The van der Waals surface area contributed by atoms with Crippen molar-refractivity contribution in [3.63, 3.8) is 0 Å². The third-order valence-electron chi connectivity index (χ3n) is 4.73. The maximum Gasteiger partial charge on any atom is 0.310 e. The van der Waals surface area contributed by atoms with Gasteiger partial charge in [0.25, 0.3) is 5.91 Å². The highest BCUT2D eigenvalue weighted by Gasteiger charge is 2.60. The lowest BCUT2D eigenvalue weighted by Crippen LogP contribution is -2.66. The molecule has 2 atom stereocenters. The van der Waals surface area contributed by atoms with E-state index in [0.29, 0.717) is 5.56 Å². The summed E-state index contributed by atoms with van der Waals surface area (Å²) in [6.45, 7) is 0. The second-order valence-corrected chi connectivity index (χ2v) is 9.49. The van der Waals surface area contributed by atoms with Crippen molar-refractivity contribution < 1.29 is 14.3 Å². The summed E-state index contributed by atoms with van der Waals surface area (Å²) in [6, 6.07) is 1.69. The van der Waals surface area contributed by atoms with E-state index in [9.17, 15) is 9.59 Å². The first-order valence-electron chi connectivity index (χ1n) is 6.80. The minimum absolute atomic E-state index is 0.100. The van der Waals surface area contributed by atoms with E-state index in [1.54, 1.807) is 6.07 Å². The Morgan fingerprint density at radius 2 is 2.14 bits per heavy atom. The molecule has 2 fully saturated rings. The Kier molecular flexibility index (Phi) is 4.18. The van der Waals surface area contributed by atoms with Crippen LogP contribution in [-0.4, -0.2) is 25.0 Å². The number of rotatable bonds is 3. The van der Waals surface area contributed by atoms with Crippen LogP contribution in [0.1, 0.15) is 36.0 Å². The molecule has 114 valence electrons. The maximum absolute atomic E-state index is 12.5. The summed E-state index contributed by atoms with van der Waals surface area (Å²) in [7, 11) is 1.40. The van der Waals surface area contributed by atoms with E-state index in [1.807, 2.05) is 0 Å². The first-order valence-corrected chi connectivity index (χ1v) is 9.20. The van der Waals surface area contributed by atoms with Crippen molar-refractivity contribution in [2.75, 3.05) is 7.11 Å². The molecule has 1 amide bonds. The molecule has 0 saturated heterocycles. The third-order valence-corrected chi connectivity index (χ3v) is 7.07. The second-order valence-electron chi connectivity index (χ2n) is 5.74. The predicted molar refractivity (Wildman–Crippen MR) is 87.4 cm³/mol. The summed E-state index contributed by atoms with van der Waals surface area (Å²) in [5.74, 6) is -0.558. The van der Waals surface area contributed by atoms with Gasteiger partial charge in [0, 0.05) is 6.04 Å². The smallest absolute Gasteiger partial charge is 0.310 e. The Hall–Kier alpha value is -0.400. The van der Waals surface area contributed by atoms with Crippen LogP contribution in [0.2, 0.25) is 0 Å². The Labute approximate surface area is 143 Å². The number of nitrogens with one attached hydrogen (secondary N) is 1. The summed E-state index contributed by atoms with van der Waals surface area (Å²) in [4.78, 5) is 24.3. The fourth-order valence-corrected chi connectivity index (χ4v) is 6.23. The Bertz CT molecular complexity index is 597. The first-order chi connectivity index (χ1) is 9.97. The number of halogens is 2. The van der Waals surface area contributed by atoms with Crippen LogP contribution in [0.3, 0.4) is 0 Å². The van der Waals surface area contributed by atoms with Crippen LogP contribution in [0, 0.1) is 11.3 Å². The van der Waals surface area contributed by atoms with E-state index in [2.05, 4.69) is 37.2 Å². The highest BCUT2D eigenvalue weighted by molar-refractivity contribution is 9.12. The van der Waals surface area contributed by atoms with E-state index in [1.165, 1.54) is 24.9 Å². The van der Waals surface area contributed by atoms with E-state index in [4.69, 9.17) is 4.74 Å². The number of ether oxygens (including phenoxy) is 1. The summed E-state index contributed by atoms with van der Waals surface area (Å²) < 4.78 is 6.55. The molecule has 1 N–H and O–H groups in total. The van der Waals surface area contributed by atoms with Crippen LogP contribution < -0.4 is 5.32 Å². The summed E-state index contributed by atoms with van der Waals surface area (Å²) in [5.41, 5.74) is 0.727. The van der Waals surface area contributed by atoms with Crippen LogP contribution in [0.15, 0.2) is 13.6 Å². The number of hydrogen-bond acceptors (Lipinski definition) is 4. The van der Waals surface area contributed by atoms with Gasteiger partial charge in [-0.05, 0) is 62.6 Å². The largest absolute Gasteiger partial charge is 0.469 e. The number of amides is 1. The standard InChI is InChI=1S/C14H15Br2NO3S/c1-20-13(19)8-6-14(3-2-4-14)10(8)17-12(18)7-5-9(15)21-11(7)16/h5,8,10H,2-4,6H2,1H3,(H,17,18). The van der Waals surface area contributed by atoms with Gasteiger partial charge in [0.1, 0.15) is 0 Å². The molecule has 2 aliphatic rings. The minimum Gasteiger partial charge on any atom is -0.469 e. The van der Waals surface area contributed by atoms with Crippen molar-refractivity contribution in [1.82, 2.24) is 5.32 Å². The van der Waals surface area contributed by atoms with Gasteiger partial charge in [-0.1, -0.05) is 6.42 Å². The second kappa shape index (κ2) is 5.66. The quantitative estimate of drug-likeness (QED) is 0.734. The molecule has 0 radical (unpaired) electrons. The Morgan fingerprint density at radius 3 is 2.62 bits per heavy atom. The van der Waals surface area contributed by atoms with Gasteiger partial charge in [-0.3, -0.25) is 9.59 Å². The maximum atomic E-state index is 12.5. The van der Waals surface area contributed by atoms with E-state index in [0.717, 1.165) is 26.8 Å². The number of carbonyl (C=O) groups is 2. The average molecular weight is 437 g/mol. The van der Waals surface area contributed by atoms with Gasteiger partial charge in [0.2, 0.25) is 0 Å². The molecule has 0 bridgehead atoms. The molecule has 4 nitrogen and oxygen atoms in total. The van der Waals surface area contributed by atoms with Gasteiger partial charge < -0.3 is 10.1 Å². The Balaban J connectivity index is 1.76. The molecular formula is C14H15Br2NO3S. The number of methoxy groups -OCH3 is 1. The van der Waals surface area contributed by atoms with E-state index < -0.39 is 0 Å². The fraction of sp³-hybridized carbons (Fsp3) is 0.571. The van der Waals surface area contributed by atoms with Gasteiger partial charge in [0.05, 0.1) is 26.2 Å². The van der Waals surface area contributed by atoms with E-state index >= 15 is 0 Å². The summed E-state index contributed by atoms with van der Waals surface area (Å²) >= 11 is 8.24. The van der Waals surface area contributed by atoms with Crippen molar-refractivity contribution in [3.05, 3.63) is 19.2 Å². The molecule has 2 unspecified atom stereocenters. The molecule has 1 aromatic rings. The van der Waals surface area contributed by atoms with Crippen molar-refractivity contribution in [3.8, 4) is 0 Å². The molecule has 2 aliphatic carbocycles. The summed E-state index contributed by atoms with van der Waals surface area (Å²) in [6.07, 6.45) is 4.17. The average Bonchev–Trinajstić information content (AvgIpc) is 2.71. The van der Waals surface area contributed by atoms with Crippen molar-refractivity contribution >= 4 is 55.1 Å². The van der Waals surface area contributed by atoms with E-state index in [-0.39, 0.29) is 29.3 Å². The fourth-order valence-electron chi connectivity index (χ4n) is 3.43. The zero-order chi connectivity index (χ0) is 15.2. The molecule has 21 heavy (non-hydrogen) atoms. The first kappa shape index (κ1) is 15.5. The molecule has 0 aliphatic heterocycles. The summed E-state index contributed by atoms with van der Waals surface area (Å²) in [5, 5.41) is 3.06. The molecule has 1 spiro atoms. The van der Waals surface area contributed by atoms with Gasteiger partial charge in [0.15, 0.2) is 0 Å². The number of thiophene rings is 1. The molecule has 7 heteroatoms. The number of hydrogen-bond donors (Lipinski definition) is 1. The van der Waals surface area contributed by atoms with Crippen LogP contribution in [0.5, 0.6) is 0 Å².